The van der Waals surface area contributed by atoms with E-state index in [-0.39, 0.29) is 11.4 Å². The number of benzene rings is 3. The Morgan fingerprint density at radius 3 is 2.34 bits per heavy atom. The molecule has 4 aromatic rings. The Morgan fingerprint density at radius 1 is 0.976 bits per heavy atom. The highest BCUT2D eigenvalue weighted by Gasteiger charge is 2.26. The molecule has 0 fully saturated rings. The monoisotopic (exact) mass is 594 g/mol. The summed E-state index contributed by atoms with van der Waals surface area (Å²) < 4.78 is 29.7. The Hall–Kier alpha value is -4.46. The minimum absolute atomic E-state index is 0.0164. The van der Waals surface area contributed by atoms with Crippen molar-refractivity contribution in [2.75, 3.05) is 16.4 Å². The van der Waals surface area contributed by atoms with E-state index in [1.165, 1.54) is 17.4 Å². The number of hydrogen-bond donors (Lipinski definition) is 6. The van der Waals surface area contributed by atoms with Gasteiger partial charge in [0.2, 0.25) is 10.0 Å². The van der Waals surface area contributed by atoms with Crippen molar-refractivity contribution in [3.8, 4) is 21.0 Å². The maximum atomic E-state index is 13.5. The molecule has 3 amide bonds. The number of thiazole rings is 1. The third-order valence-corrected chi connectivity index (χ3v) is 8.41. The molecule has 0 spiro atoms. The summed E-state index contributed by atoms with van der Waals surface area (Å²) in [4.78, 5) is 28.5. The number of aromatic nitrogens is 1. The second-order valence-electron chi connectivity index (χ2n) is 10.2. The molecule has 1 aromatic heterocycles. The number of sulfonamides is 1. The van der Waals surface area contributed by atoms with Crippen molar-refractivity contribution in [3.05, 3.63) is 78.5 Å². The zero-order valence-electron chi connectivity index (χ0n) is 22.6. The number of nitrogens with zero attached hydrogens (tertiary/aromatic N) is 1. The molecule has 7 N–H and O–H groups in total. The van der Waals surface area contributed by atoms with Crippen LogP contribution >= 0.6 is 11.3 Å². The molecule has 3 aromatic carbocycles. The smallest absolute Gasteiger partial charge is 0.409 e. The van der Waals surface area contributed by atoms with Crippen molar-refractivity contribution in [3.63, 3.8) is 0 Å². The molecule has 214 valence electrons. The summed E-state index contributed by atoms with van der Waals surface area (Å²) in [5.74, 6) is 0. The Labute approximate surface area is 241 Å². The topological polar surface area (TPSA) is 176 Å². The third kappa shape index (κ3) is 8.03. The van der Waals surface area contributed by atoms with Crippen LogP contribution in [0.5, 0.6) is 0 Å². The molecule has 11 nitrogen and oxygen atoms in total. The van der Waals surface area contributed by atoms with Crippen molar-refractivity contribution >= 4 is 50.5 Å². The van der Waals surface area contributed by atoms with E-state index >= 15 is 0 Å². The Balaban J connectivity index is 1.62. The van der Waals surface area contributed by atoms with Crippen LogP contribution in [0, 0.1) is 0 Å². The Morgan fingerprint density at radius 2 is 1.68 bits per heavy atom. The first-order valence-electron chi connectivity index (χ1n) is 12.4. The van der Waals surface area contributed by atoms with Gasteiger partial charge in [-0.25, -0.2) is 27.7 Å². The van der Waals surface area contributed by atoms with E-state index < -0.39 is 27.7 Å². The van der Waals surface area contributed by atoms with E-state index in [0.717, 1.165) is 11.1 Å². The van der Waals surface area contributed by atoms with Gasteiger partial charge in [-0.2, -0.15) is 0 Å². The fourth-order valence-corrected chi connectivity index (χ4v) is 6.59. The Kier molecular flexibility index (Phi) is 8.61. The van der Waals surface area contributed by atoms with Crippen LogP contribution in [0.4, 0.5) is 26.7 Å². The van der Waals surface area contributed by atoms with Gasteiger partial charge in [-0.3, -0.25) is 5.32 Å². The lowest BCUT2D eigenvalue weighted by atomic mass is 10.1. The van der Waals surface area contributed by atoms with Gasteiger partial charge in [-0.1, -0.05) is 18.2 Å². The van der Waals surface area contributed by atoms with Crippen molar-refractivity contribution < 1.29 is 23.1 Å². The number of carbonyl (C=O) groups is 2. The summed E-state index contributed by atoms with van der Waals surface area (Å²) in [6.07, 6.45) is 0.420. The average molecular weight is 595 g/mol. The number of urea groups is 1. The normalized spacial score (nSPS) is 11.6. The van der Waals surface area contributed by atoms with Gasteiger partial charge in [-0.05, 0) is 74.9 Å². The van der Waals surface area contributed by atoms with Crippen LogP contribution < -0.4 is 26.4 Å². The molecule has 4 rings (SSSR count). The highest BCUT2D eigenvalue weighted by molar-refractivity contribution is 7.89. The molecule has 0 saturated carbocycles. The summed E-state index contributed by atoms with van der Waals surface area (Å²) in [5, 5.41) is 17.2. The number of anilines is 3. The van der Waals surface area contributed by atoms with Crippen LogP contribution in [0.25, 0.3) is 21.0 Å². The van der Waals surface area contributed by atoms with E-state index in [0.29, 0.717) is 32.5 Å². The standard InChI is InChI=1S/C28H30N6O5S2/c1-28(2,3)34-41(38,39)24-14-21(32-26(35)31-15-17-5-4-6-19(29)13-17)11-12-22(24)23-16-30-25(40-23)18-7-9-20(10-8-18)33-27(36)37/h4-14,16,33-34H,15,29H2,1-3H3,(H,36,37)(H2,31,32,35). The number of nitrogens with two attached hydrogens (primary N) is 1. The zero-order valence-corrected chi connectivity index (χ0v) is 24.2. The van der Waals surface area contributed by atoms with Gasteiger partial charge in [-0.15, -0.1) is 11.3 Å². The quantitative estimate of drug-likeness (QED) is 0.145. The highest BCUT2D eigenvalue weighted by Crippen LogP contribution is 2.37. The predicted molar refractivity (Wildman–Crippen MR) is 161 cm³/mol. The van der Waals surface area contributed by atoms with Crippen LogP contribution in [-0.4, -0.2) is 36.2 Å². The molecular weight excluding hydrogens is 564 g/mol. The second-order valence-corrected chi connectivity index (χ2v) is 12.8. The number of hydrogen-bond acceptors (Lipinski definition) is 7. The lowest BCUT2D eigenvalue weighted by molar-refractivity contribution is 0.209. The van der Waals surface area contributed by atoms with Crippen molar-refractivity contribution in [2.24, 2.45) is 0 Å². The molecule has 0 radical (unpaired) electrons. The fourth-order valence-electron chi connectivity index (χ4n) is 3.90. The second kappa shape index (κ2) is 12.0. The average Bonchev–Trinajstić information content (AvgIpc) is 3.36. The molecule has 0 aliphatic rings. The van der Waals surface area contributed by atoms with Crippen LogP contribution in [0.3, 0.4) is 0 Å². The molecule has 0 atom stereocenters. The number of nitrogen functional groups attached to an aromatic ring is 1. The predicted octanol–water partition coefficient (Wildman–Crippen LogP) is 5.55. The maximum absolute atomic E-state index is 13.5. The van der Waals surface area contributed by atoms with Crippen LogP contribution in [-0.2, 0) is 16.6 Å². The van der Waals surface area contributed by atoms with E-state index in [1.54, 1.807) is 81.6 Å². The molecule has 1 heterocycles. The summed E-state index contributed by atoms with van der Waals surface area (Å²) >= 11 is 1.28. The molecule has 0 bridgehead atoms. The molecule has 0 aliphatic carbocycles. The molecule has 0 unspecified atom stereocenters. The molecule has 41 heavy (non-hydrogen) atoms. The van der Waals surface area contributed by atoms with Crippen molar-refractivity contribution in [1.82, 2.24) is 15.0 Å². The Bertz CT molecular complexity index is 1680. The number of rotatable bonds is 8. The minimum Gasteiger partial charge on any atom is -0.465 e. The SMILES string of the molecule is CC(C)(C)NS(=O)(=O)c1cc(NC(=O)NCc2cccc(N)c2)ccc1-c1cnc(-c2ccc(NC(=O)O)cc2)s1. The van der Waals surface area contributed by atoms with Gasteiger partial charge in [0.05, 0.1) is 9.77 Å². The molecule has 13 heteroatoms. The number of amides is 3. The van der Waals surface area contributed by atoms with Crippen molar-refractivity contribution in [2.45, 2.75) is 37.8 Å². The van der Waals surface area contributed by atoms with E-state index in [4.69, 9.17) is 10.8 Å². The minimum atomic E-state index is -4.01. The number of carboxylic acid groups (broad SMARTS) is 1. The van der Waals surface area contributed by atoms with Gasteiger partial charge in [0.1, 0.15) is 5.01 Å². The summed E-state index contributed by atoms with van der Waals surface area (Å²) in [7, 11) is -4.01. The van der Waals surface area contributed by atoms with E-state index in [1.807, 2.05) is 6.07 Å². The molecule has 0 saturated heterocycles. The number of carbonyl (C=O) groups excluding carboxylic acids is 1. The van der Waals surface area contributed by atoms with Gasteiger partial charge < -0.3 is 21.5 Å². The highest BCUT2D eigenvalue weighted by atomic mass is 32.2. The van der Waals surface area contributed by atoms with Gasteiger partial charge in [0, 0.05) is 46.5 Å². The summed E-state index contributed by atoms with van der Waals surface area (Å²) in [5.41, 5.74) is 8.31. The first-order valence-corrected chi connectivity index (χ1v) is 14.7. The molecule has 0 aliphatic heterocycles. The van der Waals surface area contributed by atoms with Gasteiger partial charge in [0.15, 0.2) is 0 Å². The molecular formula is C28H30N6O5S2. The third-order valence-electron chi connectivity index (χ3n) is 5.53. The van der Waals surface area contributed by atoms with Crippen LogP contribution in [0.15, 0.2) is 77.8 Å². The van der Waals surface area contributed by atoms with Crippen molar-refractivity contribution in [1.29, 1.82) is 0 Å². The maximum Gasteiger partial charge on any atom is 0.409 e. The largest absolute Gasteiger partial charge is 0.465 e. The van der Waals surface area contributed by atoms with Crippen LogP contribution in [0.1, 0.15) is 26.3 Å². The van der Waals surface area contributed by atoms with Crippen LogP contribution in [0.2, 0.25) is 0 Å². The lowest BCUT2D eigenvalue weighted by Crippen LogP contribution is -2.40. The van der Waals surface area contributed by atoms with Gasteiger partial charge >= 0.3 is 12.1 Å². The number of nitrogens with one attached hydrogen (secondary N) is 4. The zero-order chi connectivity index (χ0) is 29.8. The van der Waals surface area contributed by atoms with Gasteiger partial charge in [0.25, 0.3) is 0 Å². The summed E-state index contributed by atoms with van der Waals surface area (Å²) in [6.45, 7) is 5.46. The van der Waals surface area contributed by atoms with E-state index in [9.17, 15) is 18.0 Å². The lowest BCUT2D eigenvalue weighted by Gasteiger charge is -2.22. The fraction of sp³-hybridized carbons (Fsp3) is 0.179. The first kappa shape index (κ1) is 29.5. The van der Waals surface area contributed by atoms with E-state index in [2.05, 4.69) is 25.7 Å². The summed E-state index contributed by atoms with van der Waals surface area (Å²) in [6, 6.07) is 18.0. The first-order chi connectivity index (χ1) is 19.3.